The van der Waals surface area contributed by atoms with Gasteiger partial charge in [0, 0.05) is 10.9 Å². The van der Waals surface area contributed by atoms with E-state index in [1.165, 1.54) is 21.7 Å². The van der Waals surface area contributed by atoms with Crippen LogP contribution >= 0.6 is 22.9 Å². The molecule has 1 aliphatic heterocycles. The van der Waals surface area contributed by atoms with E-state index in [2.05, 4.69) is 0 Å². The molecule has 0 spiro atoms. The van der Waals surface area contributed by atoms with E-state index >= 15 is 0 Å². The SMILES string of the molecule is O=S(=O)(c1ccc(F)cc1Cl)N(Cc1cccs1)c1ccc2c(c1)OCCO2. The molecule has 0 saturated heterocycles. The molecule has 2 aromatic carbocycles. The van der Waals surface area contributed by atoms with Crippen LogP contribution in [0.2, 0.25) is 5.02 Å². The maximum absolute atomic E-state index is 13.4. The van der Waals surface area contributed by atoms with Crippen molar-refractivity contribution in [3.63, 3.8) is 0 Å². The highest BCUT2D eigenvalue weighted by atomic mass is 35.5. The van der Waals surface area contributed by atoms with Crippen molar-refractivity contribution in [3.8, 4) is 11.5 Å². The summed E-state index contributed by atoms with van der Waals surface area (Å²) in [6, 6.07) is 11.9. The Bertz CT molecular complexity index is 1100. The second kappa shape index (κ2) is 7.62. The molecular formula is C19H15ClFNO4S2. The molecule has 2 heterocycles. The molecule has 0 aliphatic carbocycles. The summed E-state index contributed by atoms with van der Waals surface area (Å²) >= 11 is 7.49. The Morgan fingerprint density at radius 3 is 2.57 bits per heavy atom. The molecule has 1 aromatic heterocycles. The van der Waals surface area contributed by atoms with Gasteiger partial charge in [-0.1, -0.05) is 17.7 Å². The highest BCUT2D eigenvalue weighted by Gasteiger charge is 2.29. The van der Waals surface area contributed by atoms with Gasteiger partial charge in [-0.3, -0.25) is 4.31 Å². The number of nitrogens with zero attached hydrogens (tertiary/aromatic N) is 1. The van der Waals surface area contributed by atoms with Crippen molar-refractivity contribution >= 4 is 38.6 Å². The maximum Gasteiger partial charge on any atom is 0.266 e. The van der Waals surface area contributed by atoms with Crippen molar-refractivity contribution in [2.24, 2.45) is 0 Å². The molecule has 0 N–H and O–H groups in total. The molecule has 0 radical (unpaired) electrons. The van der Waals surface area contributed by atoms with Crippen LogP contribution in [0.5, 0.6) is 11.5 Å². The largest absolute Gasteiger partial charge is 0.486 e. The normalized spacial score (nSPS) is 13.4. The van der Waals surface area contributed by atoms with E-state index in [0.717, 1.165) is 17.0 Å². The lowest BCUT2D eigenvalue weighted by Gasteiger charge is -2.26. The molecule has 5 nitrogen and oxygen atoms in total. The summed E-state index contributed by atoms with van der Waals surface area (Å²) in [5.41, 5.74) is 0.401. The average Bonchev–Trinajstić information content (AvgIpc) is 3.18. The van der Waals surface area contributed by atoms with Crippen LogP contribution in [0.3, 0.4) is 0 Å². The Hall–Kier alpha value is -2.29. The van der Waals surface area contributed by atoms with Gasteiger partial charge in [0.1, 0.15) is 23.9 Å². The summed E-state index contributed by atoms with van der Waals surface area (Å²) in [7, 11) is -4.06. The topological polar surface area (TPSA) is 55.8 Å². The fourth-order valence-corrected chi connectivity index (χ4v) is 5.57. The summed E-state index contributed by atoms with van der Waals surface area (Å²) in [5, 5.41) is 1.70. The van der Waals surface area contributed by atoms with Crippen LogP contribution in [0.4, 0.5) is 10.1 Å². The second-order valence-electron chi connectivity index (χ2n) is 5.99. The number of hydrogen-bond donors (Lipinski definition) is 0. The van der Waals surface area contributed by atoms with Gasteiger partial charge in [0.15, 0.2) is 11.5 Å². The van der Waals surface area contributed by atoms with Crippen LogP contribution < -0.4 is 13.8 Å². The van der Waals surface area contributed by atoms with Gasteiger partial charge in [-0.25, -0.2) is 12.8 Å². The third kappa shape index (κ3) is 3.67. The predicted octanol–water partition coefficient (Wildman–Crippen LogP) is 4.71. The number of halogens is 2. The van der Waals surface area contributed by atoms with E-state index in [4.69, 9.17) is 21.1 Å². The van der Waals surface area contributed by atoms with Crippen LogP contribution in [0.25, 0.3) is 0 Å². The monoisotopic (exact) mass is 439 g/mol. The number of anilines is 1. The highest BCUT2D eigenvalue weighted by Crippen LogP contribution is 2.37. The average molecular weight is 440 g/mol. The first-order chi connectivity index (χ1) is 13.4. The zero-order valence-electron chi connectivity index (χ0n) is 14.5. The van der Waals surface area contributed by atoms with Gasteiger partial charge in [-0.2, -0.15) is 0 Å². The molecule has 9 heteroatoms. The standard InChI is InChI=1S/C19H15ClFNO4S2/c20-16-10-13(21)3-6-19(16)28(23,24)22(12-15-2-1-9-27-15)14-4-5-17-18(11-14)26-8-7-25-17/h1-6,9-11H,7-8,12H2. The van der Waals surface area contributed by atoms with Crippen molar-refractivity contribution in [1.82, 2.24) is 0 Å². The van der Waals surface area contributed by atoms with Crippen molar-refractivity contribution < 1.29 is 22.3 Å². The van der Waals surface area contributed by atoms with Crippen LogP contribution in [0, 0.1) is 5.82 Å². The fourth-order valence-electron chi connectivity index (χ4n) is 2.85. The number of fused-ring (bicyclic) bond motifs is 1. The van der Waals surface area contributed by atoms with Crippen LogP contribution in [-0.4, -0.2) is 21.6 Å². The van der Waals surface area contributed by atoms with E-state index in [1.54, 1.807) is 18.2 Å². The molecule has 0 fully saturated rings. The van der Waals surface area contributed by atoms with Gasteiger partial charge in [0.2, 0.25) is 0 Å². The first kappa shape index (κ1) is 19.0. The zero-order chi connectivity index (χ0) is 19.7. The maximum atomic E-state index is 13.4. The van der Waals surface area contributed by atoms with Gasteiger partial charge in [-0.15, -0.1) is 11.3 Å². The third-order valence-electron chi connectivity index (χ3n) is 4.16. The van der Waals surface area contributed by atoms with E-state index in [9.17, 15) is 12.8 Å². The molecule has 3 aromatic rings. The van der Waals surface area contributed by atoms with Gasteiger partial charge >= 0.3 is 0 Å². The number of ether oxygens (including phenoxy) is 2. The molecule has 0 atom stereocenters. The lowest BCUT2D eigenvalue weighted by atomic mass is 10.2. The molecule has 0 bridgehead atoms. The highest BCUT2D eigenvalue weighted by molar-refractivity contribution is 7.93. The number of sulfonamides is 1. The molecule has 4 rings (SSSR count). The summed E-state index contributed by atoms with van der Waals surface area (Å²) in [4.78, 5) is 0.679. The van der Waals surface area contributed by atoms with E-state index in [-0.39, 0.29) is 16.5 Å². The Kier molecular flexibility index (Phi) is 5.18. The van der Waals surface area contributed by atoms with Crippen LogP contribution in [0.15, 0.2) is 58.8 Å². The summed E-state index contributed by atoms with van der Waals surface area (Å²) in [5.74, 6) is 0.428. The Morgan fingerprint density at radius 2 is 1.86 bits per heavy atom. The summed E-state index contributed by atoms with van der Waals surface area (Å²) < 4.78 is 52.6. The number of benzene rings is 2. The smallest absolute Gasteiger partial charge is 0.266 e. The van der Waals surface area contributed by atoms with Gasteiger partial charge in [0.25, 0.3) is 10.0 Å². The van der Waals surface area contributed by atoms with Crippen molar-refractivity contribution in [2.75, 3.05) is 17.5 Å². The Morgan fingerprint density at radius 1 is 1.07 bits per heavy atom. The minimum Gasteiger partial charge on any atom is -0.486 e. The zero-order valence-corrected chi connectivity index (χ0v) is 16.9. The second-order valence-corrected chi connectivity index (χ2v) is 9.26. The molecule has 0 amide bonds. The first-order valence-electron chi connectivity index (χ1n) is 8.35. The minimum absolute atomic E-state index is 0.105. The van der Waals surface area contributed by atoms with E-state index in [1.807, 2.05) is 17.5 Å². The van der Waals surface area contributed by atoms with Gasteiger partial charge in [-0.05, 0) is 41.8 Å². The van der Waals surface area contributed by atoms with E-state index in [0.29, 0.717) is 30.4 Å². The lowest BCUT2D eigenvalue weighted by Crippen LogP contribution is -2.30. The van der Waals surface area contributed by atoms with Crippen molar-refractivity contribution in [1.29, 1.82) is 0 Å². The van der Waals surface area contributed by atoms with Gasteiger partial charge < -0.3 is 9.47 Å². The number of thiophene rings is 1. The lowest BCUT2D eigenvalue weighted by molar-refractivity contribution is 0.171. The summed E-state index contributed by atoms with van der Waals surface area (Å²) in [6.07, 6.45) is 0. The van der Waals surface area contributed by atoms with Crippen LogP contribution in [-0.2, 0) is 16.6 Å². The quantitative estimate of drug-likeness (QED) is 0.577. The Balaban J connectivity index is 1.81. The predicted molar refractivity (Wildman–Crippen MR) is 107 cm³/mol. The molecule has 0 saturated carbocycles. The number of rotatable bonds is 5. The molecule has 0 unspecified atom stereocenters. The number of hydrogen-bond acceptors (Lipinski definition) is 5. The minimum atomic E-state index is -4.06. The first-order valence-corrected chi connectivity index (χ1v) is 11.0. The molecule has 146 valence electrons. The Labute approximate surface area is 170 Å². The van der Waals surface area contributed by atoms with Crippen molar-refractivity contribution in [3.05, 3.63) is 69.6 Å². The molecular weight excluding hydrogens is 425 g/mol. The third-order valence-corrected chi connectivity index (χ3v) is 7.27. The molecule has 1 aliphatic rings. The van der Waals surface area contributed by atoms with Crippen molar-refractivity contribution in [2.45, 2.75) is 11.4 Å². The van der Waals surface area contributed by atoms with Crippen LogP contribution in [0.1, 0.15) is 4.88 Å². The fraction of sp³-hybridized carbons (Fsp3) is 0.158. The van der Waals surface area contributed by atoms with Gasteiger partial charge in [0.05, 0.1) is 17.3 Å². The molecule has 28 heavy (non-hydrogen) atoms. The summed E-state index contributed by atoms with van der Waals surface area (Å²) in [6.45, 7) is 0.931. The van der Waals surface area contributed by atoms with E-state index < -0.39 is 15.8 Å².